The van der Waals surface area contributed by atoms with Crippen molar-refractivity contribution in [2.45, 2.75) is 25.7 Å². The lowest BCUT2D eigenvalue weighted by atomic mass is 10.2. The minimum absolute atomic E-state index is 0.0839. The van der Waals surface area contributed by atoms with E-state index in [0.29, 0.717) is 10.7 Å². The van der Waals surface area contributed by atoms with Crippen LogP contribution in [0.5, 0.6) is 0 Å². The second-order valence-corrected chi connectivity index (χ2v) is 5.29. The number of aromatic nitrogens is 2. The highest BCUT2D eigenvalue weighted by atomic mass is 35.5. The van der Waals surface area contributed by atoms with Crippen LogP contribution >= 0.6 is 11.6 Å². The molecule has 2 rings (SSSR count). The Morgan fingerprint density at radius 3 is 2.41 bits per heavy atom. The Hall–Kier alpha value is -1.57. The summed E-state index contributed by atoms with van der Waals surface area (Å²) in [6.45, 7) is 1.38. The number of hydrogen-bond acceptors (Lipinski definition) is 3. The highest BCUT2D eigenvalue weighted by Crippen LogP contribution is 2.20. The van der Waals surface area contributed by atoms with Gasteiger partial charge in [0.15, 0.2) is 0 Å². The van der Waals surface area contributed by atoms with Gasteiger partial charge in [-0.25, -0.2) is 4.68 Å². The number of halogens is 4. The molecule has 0 amide bonds. The standard InChI is InChI=1S/C14H16ClF3N4/c1-9-12(15)8-22(21-9)11-4-2-10(3-5-11)7-20-13(6-19)14(16,17)18/h2-5,8,13,20H,6-7,19H2,1H3. The average Bonchev–Trinajstić information content (AvgIpc) is 2.78. The quantitative estimate of drug-likeness (QED) is 0.885. The largest absolute Gasteiger partial charge is 0.405 e. The van der Waals surface area contributed by atoms with Gasteiger partial charge >= 0.3 is 6.18 Å². The Labute approximate surface area is 131 Å². The van der Waals surface area contributed by atoms with Crippen LogP contribution < -0.4 is 11.1 Å². The number of benzene rings is 1. The van der Waals surface area contributed by atoms with Gasteiger partial charge in [0.05, 0.1) is 16.4 Å². The fourth-order valence-corrected chi connectivity index (χ4v) is 2.04. The Balaban J connectivity index is 2.03. The Bertz CT molecular complexity index is 603. The molecule has 0 radical (unpaired) electrons. The second kappa shape index (κ2) is 6.68. The molecule has 0 saturated carbocycles. The van der Waals surface area contributed by atoms with Crippen molar-refractivity contribution >= 4 is 11.6 Å². The van der Waals surface area contributed by atoms with Gasteiger partial charge in [0, 0.05) is 19.3 Å². The number of alkyl halides is 3. The second-order valence-electron chi connectivity index (χ2n) is 4.88. The zero-order valence-electron chi connectivity index (χ0n) is 11.9. The molecule has 0 aliphatic heterocycles. The highest BCUT2D eigenvalue weighted by Gasteiger charge is 2.38. The predicted octanol–water partition coefficient (Wildman–Crippen LogP) is 2.81. The van der Waals surface area contributed by atoms with Gasteiger partial charge in [-0.05, 0) is 24.6 Å². The lowest BCUT2D eigenvalue weighted by molar-refractivity contribution is -0.153. The van der Waals surface area contributed by atoms with E-state index in [2.05, 4.69) is 10.4 Å². The Morgan fingerprint density at radius 1 is 1.32 bits per heavy atom. The summed E-state index contributed by atoms with van der Waals surface area (Å²) < 4.78 is 39.4. The topological polar surface area (TPSA) is 55.9 Å². The van der Waals surface area contributed by atoms with Crippen LogP contribution in [-0.4, -0.2) is 28.5 Å². The zero-order valence-corrected chi connectivity index (χ0v) is 12.6. The molecule has 8 heteroatoms. The van der Waals surface area contributed by atoms with Crippen LogP contribution in [0, 0.1) is 6.92 Å². The number of rotatable bonds is 5. The first-order chi connectivity index (χ1) is 10.3. The van der Waals surface area contributed by atoms with Crippen molar-refractivity contribution in [2.75, 3.05) is 6.54 Å². The van der Waals surface area contributed by atoms with Crippen LogP contribution in [0.15, 0.2) is 30.5 Å². The first kappa shape index (κ1) is 16.8. The van der Waals surface area contributed by atoms with Crippen LogP contribution in [0.4, 0.5) is 13.2 Å². The maximum absolute atomic E-state index is 12.6. The summed E-state index contributed by atoms with van der Waals surface area (Å²) in [5.74, 6) is 0. The molecule has 120 valence electrons. The molecule has 4 nitrogen and oxygen atoms in total. The first-order valence-corrected chi connectivity index (χ1v) is 7.00. The minimum atomic E-state index is -4.35. The average molecular weight is 333 g/mol. The lowest BCUT2D eigenvalue weighted by Gasteiger charge is -2.19. The van der Waals surface area contributed by atoms with Gasteiger partial charge in [-0.3, -0.25) is 0 Å². The molecule has 1 unspecified atom stereocenters. The molecule has 0 bridgehead atoms. The molecule has 2 aromatic rings. The molecule has 0 spiro atoms. The van der Waals surface area contributed by atoms with Gasteiger partial charge in [-0.1, -0.05) is 23.7 Å². The summed E-state index contributed by atoms with van der Waals surface area (Å²) in [6, 6.07) is 5.30. The van der Waals surface area contributed by atoms with E-state index in [4.69, 9.17) is 17.3 Å². The van der Waals surface area contributed by atoms with E-state index in [1.807, 2.05) is 0 Å². The fourth-order valence-electron chi connectivity index (χ4n) is 1.91. The molecule has 1 aromatic carbocycles. The van der Waals surface area contributed by atoms with Crippen LogP contribution in [0.1, 0.15) is 11.3 Å². The van der Waals surface area contributed by atoms with Gasteiger partial charge in [0.1, 0.15) is 6.04 Å². The van der Waals surface area contributed by atoms with Gasteiger partial charge in [0.25, 0.3) is 0 Å². The number of nitrogens with one attached hydrogen (secondary N) is 1. The third-order valence-electron chi connectivity index (χ3n) is 3.22. The normalized spacial score (nSPS) is 13.4. The number of nitrogens with zero attached hydrogens (tertiary/aromatic N) is 2. The summed E-state index contributed by atoms with van der Waals surface area (Å²) in [5.41, 5.74) is 7.35. The third kappa shape index (κ3) is 4.00. The fraction of sp³-hybridized carbons (Fsp3) is 0.357. The predicted molar refractivity (Wildman–Crippen MR) is 79.0 cm³/mol. The van der Waals surface area contributed by atoms with Crippen molar-refractivity contribution in [3.63, 3.8) is 0 Å². The van der Waals surface area contributed by atoms with Gasteiger partial charge in [0.2, 0.25) is 0 Å². The molecule has 3 N–H and O–H groups in total. The lowest BCUT2D eigenvalue weighted by Crippen LogP contribution is -2.47. The third-order valence-corrected chi connectivity index (χ3v) is 3.59. The number of hydrogen-bond donors (Lipinski definition) is 2. The maximum atomic E-state index is 12.6. The van der Waals surface area contributed by atoms with E-state index in [0.717, 1.165) is 11.3 Å². The molecule has 0 fully saturated rings. The van der Waals surface area contributed by atoms with Crippen molar-refractivity contribution in [1.82, 2.24) is 15.1 Å². The van der Waals surface area contributed by atoms with E-state index in [9.17, 15) is 13.2 Å². The monoisotopic (exact) mass is 332 g/mol. The summed E-state index contributed by atoms with van der Waals surface area (Å²) in [7, 11) is 0. The number of nitrogens with two attached hydrogens (primary N) is 1. The van der Waals surface area contributed by atoms with Gasteiger partial charge in [-0.15, -0.1) is 0 Å². The summed E-state index contributed by atoms with van der Waals surface area (Å²) in [5, 5.41) is 7.20. The molecular formula is C14H16ClF3N4. The van der Waals surface area contributed by atoms with Crippen LogP contribution in [0.3, 0.4) is 0 Å². The van der Waals surface area contributed by atoms with Crippen molar-refractivity contribution in [3.05, 3.63) is 46.7 Å². The molecule has 1 heterocycles. The maximum Gasteiger partial charge on any atom is 0.405 e. The van der Waals surface area contributed by atoms with E-state index >= 15 is 0 Å². The minimum Gasteiger partial charge on any atom is -0.329 e. The smallest absolute Gasteiger partial charge is 0.329 e. The van der Waals surface area contributed by atoms with Crippen molar-refractivity contribution < 1.29 is 13.2 Å². The summed E-state index contributed by atoms with van der Waals surface area (Å²) in [4.78, 5) is 0. The van der Waals surface area contributed by atoms with Crippen LogP contribution in [0.2, 0.25) is 5.02 Å². The molecule has 0 aliphatic rings. The molecular weight excluding hydrogens is 317 g/mol. The summed E-state index contributed by atoms with van der Waals surface area (Å²) >= 11 is 5.94. The van der Waals surface area contributed by atoms with E-state index < -0.39 is 18.8 Å². The molecule has 22 heavy (non-hydrogen) atoms. The van der Waals surface area contributed by atoms with Gasteiger partial charge in [-0.2, -0.15) is 18.3 Å². The number of aryl methyl sites for hydroxylation is 1. The molecule has 1 atom stereocenters. The Morgan fingerprint density at radius 2 is 1.95 bits per heavy atom. The van der Waals surface area contributed by atoms with E-state index in [1.54, 1.807) is 42.1 Å². The van der Waals surface area contributed by atoms with Crippen LogP contribution in [0.25, 0.3) is 5.69 Å². The SMILES string of the molecule is Cc1nn(-c2ccc(CNC(CN)C(F)(F)F)cc2)cc1Cl. The molecule has 0 aliphatic carbocycles. The van der Waals surface area contributed by atoms with Gasteiger partial charge < -0.3 is 11.1 Å². The van der Waals surface area contributed by atoms with Crippen molar-refractivity contribution in [1.29, 1.82) is 0 Å². The zero-order chi connectivity index (χ0) is 16.3. The highest BCUT2D eigenvalue weighted by molar-refractivity contribution is 6.31. The van der Waals surface area contributed by atoms with E-state index in [1.165, 1.54) is 0 Å². The molecule has 1 aromatic heterocycles. The molecule has 0 saturated heterocycles. The van der Waals surface area contributed by atoms with Crippen molar-refractivity contribution in [2.24, 2.45) is 5.73 Å². The first-order valence-electron chi connectivity index (χ1n) is 6.62. The Kier molecular flexibility index (Phi) is 5.10. The van der Waals surface area contributed by atoms with E-state index in [-0.39, 0.29) is 6.54 Å². The van der Waals surface area contributed by atoms with Crippen molar-refractivity contribution in [3.8, 4) is 5.69 Å². The summed E-state index contributed by atoms with van der Waals surface area (Å²) in [6.07, 6.45) is -2.67. The van der Waals surface area contributed by atoms with Crippen LogP contribution in [-0.2, 0) is 6.54 Å².